The molecule has 0 spiro atoms. The molecule has 3 nitrogen and oxygen atoms in total. The monoisotopic (exact) mass is 315 g/mol. The smallest absolute Gasteiger partial charge is 0.230 e. The molecule has 0 atom stereocenters. The van der Waals surface area contributed by atoms with Crippen LogP contribution in [0.1, 0.15) is 25.8 Å². The van der Waals surface area contributed by atoms with Crippen molar-refractivity contribution in [3.05, 3.63) is 34.9 Å². The average molecular weight is 316 g/mol. The summed E-state index contributed by atoms with van der Waals surface area (Å²) in [5.74, 6) is 1.28. The van der Waals surface area contributed by atoms with E-state index in [9.17, 15) is 4.79 Å². The highest BCUT2D eigenvalue weighted by Gasteiger charge is 2.17. The molecule has 0 saturated heterocycles. The maximum absolute atomic E-state index is 11.7. The van der Waals surface area contributed by atoms with E-state index in [2.05, 4.69) is 5.32 Å². The van der Waals surface area contributed by atoms with E-state index in [0.717, 1.165) is 16.3 Å². The van der Waals surface area contributed by atoms with Crippen molar-refractivity contribution < 1.29 is 9.90 Å². The number of rotatable bonds is 8. The molecule has 112 valence electrons. The third kappa shape index (κ3) is 7.17. The highest BCUT2D eigenvalue weighted by Crippen LogP contribution is 2.18. The fraction of sp³-hybridized carbons (Fsp3) is 0.533. The minimum Gasteiger partial charge on any atom is -0.396 e. The maximum Gasteiger partial charge on any atom is 0.230 e. The summed E-state index contributed by atoms with van der Waals surface area (Å²) in [7, 11) is 0. The third-order valence-electron chi connectivity index (χ3n) is 2.97. The zero-order valence-corrected chi connectivity index (χ0v) is 13.6. The van der Waals surface area contributed by atoms with Gasteiger partial charge >= 0.3 is 0 Å². The minimum absolute atomic E-state index is 0.0370. The second-order valence-corrected chi connectivity index (χ2v) is 6.96. The molecule has 0 aliphatic carbocycles. The van der Waals surface area contributed by atoms with Gasteiger partial charge in [-0.15, -0.1) is 11.8 Å². The van der Waals surface area contributed by atoms with Gasteiger partial charge < -0.3 is 10.4 Å². The van der Waals surface area contributed by atoms with Crippen LogP contribution in [0.25, 0.3) is 0 Å². The van der Waals surface area contributed by atoms with Crippen LogP contribution in [0.2, 0.25) is 5.02 Å². The number of amides is 1. The number of hydrogen-bond acceptors (Lipinski definition) is 3. The predicted octanol–water partition coefficient (Wildman–Crippen LogP) is 3.10. The second-order valence-electron chi connectivity index (χ2n) is 5.53. The molecule has 0 heterocycles. The molecule has 1 aromatic rings. The Labute approximate surface area is 130 Å². The van der Waals surface area contributed by atoms with Crippen molar-refractivity contribution in [2.75, 3.05) is 18.9 Å². The average Bonchev–Trinajstić information content (AvgIpc) is 2.39. The van der Waals surface area contributed by atoms with Crippen LogP contribution in [0.4, 0.5) is 0 Å². The van der Waals surface area contributed by atoms with Crippen molar-refractivity contribution in [2.45, 2.75) is 26.0 Å². The topological polar surface area (TPSA) is 49.3 Å². The first-order chi connectivity index (χ1) is 9.43. The Morgan fingerprint density at radius 2 is 2.00 bits per heavy atom. The lowest BCUT2D eigenvalue weighted by Crippen LogP contribution is -2.35. The molecule has 0 aliphatic heterocycles. The van der Waals surface area contributed by atoms with Gasteiger partial charge in [0.1, 0.15) is 0 Å². The molecule has 1 rings (SSSR count). The summed E-state index contributed by atoms with van der Waals surface area (Å²) < 4.78 is 0. The van der Waals surface area contributed by atoms with Crippen molar-refractivity contribution in [3.63, 3.8) is 0 Å². The number of carbonyl (C=O) groups excluding carboxylic acids is 1. The van der Waals surface area contributed by atoms with Gasteiger partial charge in [-0.05, 0) is 29.5 Å². The van der Waals surface area contributed by atoms with Gasteiger partial charge in [-0.1, -0.05) is 37.6 Å². The quantitative estimate of drug-likeness (QED) is 0.775. The molecule has 0 unspecified atom stereocenters. The molecule has 1 aromatic carbocycles. The molecule has 20 heavy (non-hydrogen) atoms. The first-order valence-corrected chi connectivity index (χ1v) is 8.16. The van der Waals surface area contributed by atoms with Crippen LogP contribution >= 0.6 is 23.4 Å². The molecule has 5 heteroatoms. The van der Waals surface area contributed by atoms with Crippen LogP contribution in [-0.2, 0) is 10.5 Å². The first-order valence-electron chi connectivity index (χ1n) is 6.63. The number of aliphatic hydroxyl groups excluding tert-OH is 1. The maximum atomic E-state index is 11.7. The highest BCUT2D eigenvalue weighted by atomic mass is 35.5. The number of aliphatic hydroxyl groups is 1. The van der Waals surface area contributed by atoms with Gasteiger partial charge in [-0.25, -0.2) is 0 Å². The zero-order chi connectivity index (χ0) is 15.0. The number of halogens is 1. The predicted molar refractivity (Wildman–Crippen MR) is 86.1 cm³/mol. The van der Waals surface area contributed by atoms with E-state index in [0.29, 0.717) is 18.7 Å². The largest absolute Gasteiger partial charge is 0.396 e. The van der Waals surface area contributed by atoms with E-state index in [1.165, 1.54) is 0 Å². The number of carbonyl (C=O) groups is 1. The number of benzene rings is 1. The van der Waals surface area contributed by atoms with Gasteiger partial charge in [0.05, 0.1) is 5.75 Å². The summed E-state index contributed by atoms with van der Waals surface area (Å²) in [5.41, 5.74) is 1.10. The first kappa shape index (κ1) is 17.3. The molecule has 0 saturated carbocycles. The van der Waals surface area contributed by atoms with E-state index in [-0.39, 0.29) is 17.9 Å². The molecule has 0 bridgehead atoms. The Morgan fingerprint density at radius 1 is 1.35 bits per heavy atom. The fourth-order valence-corrected chi connectivity index (χ4v) is 2.57. The Hall–Kier alpha value is -0.710. The van der Waals surface area contributed by atoms with Crippen LogP contribution in [-0.4, -0.2) is 29.9 Å². The summed E-state index contributed by atoms with van der Waals surface area (Å²) in [5, 5.41) is 12.6. The lowest BCUT2D eigenvalue weighted by molar-refractivity contribution is -0.119. The van der Waals surface area contributed by atoms with Gasteiger partial charge in [-0.2, -0.15) is 0 Å². The van der Waals surface area contributed by atoms with E-state index < -0.39 is 0 Å². The molecular weight excluding hydrogens is 294 g/mol. The number of hydrogen-bond donors (Lipinski definition) is 2. The Balaban J connectivity index is 2.22. The summed E-state index contributed by atoms with van der Waals surface area (Å²) in [6.07, 6.45) is 0.686. The Bertz CT molecular complexity index is 420. The summed E-state index contributed by atoms with van der Waals surface area (Å²) >= 11 is 7.40. The molecule has 0 fully saturated rings. The lowest BCUT2D eigenvalue weighted by Gasteiger charge is -2.23. The fourth-order valence-electron chi connectivity index (χ4n) is 1.62. The number of thioether (sulfide) groups is 1. The molecule has 2 N–H and O–H groups in total. The van der Waals surface area contributed by atoms with E-state index in [1.807, 2.05) is 38.1 Å². The Morgan fingerprint density at radius 3 is 2.60 bits per heavy atom. The third-order valence-corrected chi connectivity index (χ3v) is 4.22. The van der Waals surface area contributed by atoms with Crippen molar-refractivity contribution in [2.24, 2.45) is 5.41 Å². The van der Waals surface area contributed by atoms with Crippen LogP contribution in [0.5, 0.6) is 0 Å². The SMILES string of the molecule is CC(C)(CCO)CNC(=O)CSCc1ccc(Cl)cc1. The zero-order valence-electron chi connectivity index (χ0n) is 12.0. The van der Waals surface area contributed by atoms with Crippen molar-refractivity contribution in [1.82, 2.24) is 5.32 Å². The van der Waals surface area contributed by atoms with Gasteiger partial charge in [-0.3, -0.25) is 4.79 Å². The lowest BCUT2D eigenvalue weighted by atomic mass is 9.90. The van der Waals surface area contributed by atoms with E-state index in [1.54, 1.807) is 11.8 Å². The van der Waals surface area contributed by atoms with Crippen LogP contribution in [0.3, 0.4) is 0 Å². The van der Waals surface area contributed by atoms with Gasteiger partial charge in [0, 0.05) is 23.9 Å². The van der Waals surface area contributed by atoms with Gasteiger partial charge in [0.2, 0.25) is 5.91 Å². The minimum atomic E-state index is -0.0642. The van der Waals surface area contributed by atoms with Crippen molar-refractivity contribution >= 4 is 29.3 Å². The van der Waals surface area contributed by atoms with Gasteiger partial charge in [0.15, 0.2) is 0 Å². The summed E-state index contributed by atoms with van der Waals surface area (Å²) in [6.45, 7) is 4.80. The molecule has 0 aliphatic rings. The highest BCUT2D eigenvalue weighted by molar-refractivity contribution is 7.99. The van der Waals surface area contributed by atoms with Gasteiger partial charge in [0.25, 0.3) is 0 Å². The van der Waals surface area contributed by atoms with Crippen molar-refractivity contribution in [1.29, 1.82) is 0 Å². The van der Waals surface area contributed by atoms with Crippen molar-refractivity contribution in [3.8, 4) is 0 Å². The summed E-state index contributed by atoms with van der Waals surface area (Å²) in [6, 6.07) is 7.65. The summed E-state index contributed by atoms with van der Waals surface area (Å²) in [4.78, 5) is 11.7. The molecule has 1 amide bonds. The van der Waals surface area contributed by atoms with Crippen LogP contribution < -0.4 is 5.32 Å². The number of nitrogens with one attached hydrogen (secondary N) is 1. The molecule has 0 aromatic heterocycles. The van der Waals surface area contributed by atoms with E-state index in [4.69, 9.17) is 16.7 Å². The van der Waals surface area contributed by atoms with Crippen LogP contribution in [0.15, 0.2) is 24.3 Å². The standard InChI is InChI=1S/C15H22ClNO2S/c1-15(2,7-8-18)11-17-14(19)10-20-9-12-3-5-13(16)6-4-12/h3-6,18H,7-11H2,1-2H3,(H,17,19). The van der Waals surface area contributed by atoms with E-state index >= 15 is 0 Å². The molecular formula is C15H22ClNO2S. The normalized spacial score (nSPS) is 11.4. The molecule has 0 radical (unpaired) electrons. The Kier molecular flexibility index (Phi) is 7.41. The van der Waals surface area contributed by atoms with Crippen LogP contribution in [0, 0.1) is 5.41 Å². The second kappa shape index (κ2) is 8.55.